The number of aromatic nitrogens is 4. The molecule has 33 heavy (non-hydrogen) atoms. The van der Waals surface area contributed by atoms with Gasteiger partial charge < -0.3 is 5.32 Å². The lowest BCUT2D eigenvalue weighted by molar-refractivity contribution is -0.113. The topological polar surface area (TPSA) is 110 Å². The number of rotatable bonds is 7. The Bertz CT molecular complexity index is 1420. The predicted octanol–water partition coefficient (Wildman–Crippen LogP) is 3.30. The monoisotopic (exact) mass is 482 g/mol. The van der Waals surface area contributed by atoms with Gasteiger partial charge in [-0.1, -0.05) is 36.0 Å². The predicted molar refractivity (Wildman–Crippen MR) is 128 cm³/mol. The molecule has 1 N–H and O–H groups in total. The van der Waals surface area contributed by atoms with Crippen molar-refractivity contribution in [2.24, 2.45) is 0 Å². The molecular formula is C22H22N6O3S2. The fraction of sp³-hybridized carbons (Fsp3) is 0.182. The lowest BCUT2D eigenvalue weighted by Gasteiger charge is -2.19. The number of para-hydroxylation sites is 1. The van der Waals surface area contributed by atoms with Crippen LogP contribution >= 0.6 is 11.8 Å². The summed E-state index contributed by atoms with van der Waals surface area (Å²) in [6.07, 6.45) is 0. The van der Waals surface area contributed by atoms with E-state index in [2.05, 4.69) is 20.4 Å². The van der Waals surface area contributed by atoms with Gasteiger partial charge in [-0.15, -0.1) is 5.10 Å². The Morgan fingerprint density at radius 2 is 1.82 bits per heavy atom. The number of amides is 1. The van der Waals surface area contributed by atoms with Gasteiger partial charge in [0, 0.05) is 24.1 Å². The van der Waals surface area contributed by atoms with Crippen molar-refractivity contribution in [3.63, 3.8) is 0 Å². The van der Waals surface area contributed by atoms with E-state index >= 15 is 0 Å². The number of carbonyl (C=O) groups is 1. The summed E-state index contributed by atoms with van der Waals surface area (Å²) in [5, 5.41) is 7.54. The summed E-state index contributed by atoms with van der Waals surface area (Å²) in [5.41, 5.74) is 2.68. The van der Waals surface area contributed by atoms with Crippen LogP contribution in [0.5, 0.6) is 0 Å². The Balaban J connectivity index is 1.44. The maximum absolute atomic E-state index is 13.0. The summed E-state index contributed by atoms with van der Waals surface area (Å²) < 4.78 is 28.8. The molecule has 1 amide bonds. The molecule has 0 saturated carbocycles. The lowest BCUT2D eigenvalue weighted by Crippen LogP contribution is -2.26. The van der Waals surface area contributed by atoms with Crippen LogP contribution in [-0.4, -0.2) is 46.7 Å². The molecule has 0 unspecified atom stereocenters. The average molecular weight is 483 g/mol. The number of fused-ring (bicyclic) bond motifs is 1. The van der Waals surface area contributed by atoms with E-state index in [4.69, 9.17) is 0 Å². The minimum absolute atomic E-state index is 0.0653. The van der Waals surface area contributed by atoms with E-state index in [0.29, 0.717) is 22.3 Å². The van der Waals surface area contributed by atoms with Crippen LogP contribution < -0.4 is 9.62 Å². The molecule has 0 saturated heterocycles. The highest BCUT2D eigenvalue weighted by Crippen LogP contribution is 2.24. The van der Waals surface area contributed by atoms with Gasteiger partial charge in [0.05, 0.1) is 16.3 Å². The Morgan fingerprint density at radius 1 is 1.06 bits per heavy atom. The van der Waals surface area contributed by atoms with Crippen LogP contribution in [0.3, 0.4) is 0 Å². The number of hydrogen-bond acceptors (Lipinski definition) is 7. The molecule has 0 aliphatic heterocycles. The molecule has 2 heterocycles. The third-order valence-electron chi connectivity index (χ3n) is 4.83. The van der Waals surface area contributed by atoms with Crippen molar-refractivity contribution in [2.45, 2.75) is 23.9 Å². The van der Waals surface area contributed by atoms with Crippen molar-refractivity contribution in [1.82, 2.24) is 19.6 Å². The van der Waals surface area contributed by atoms with Crippen molar-refractivity contribution in [3.8, 4) is 0 Å². The fourth-order valence-electron chi connectivity index (χ4n) is 3.21. The third kappa shape index (κ3) is 4.99. The maximum Gasteiger partial charge on any atom is 0.264 e. The molecule has 0 spiro atoms. The van der Waals surface area contributed by atoms with Gasteiger partial charge in [0.15, 0.2) is 0 Å². The van der Waals surface area contributed by atoms with Crippen LogP contribution in [0.25, 0.3) is 5.78 Å². The van der Waals surface area contributed by atoms with Gasteiger partial charge in [-0.3, -0.25) is 9.10 Å². The zero-order valence-electron chi connectivity index (χ0n) is 18.3. The first-order chi connectivity index (χ1) is 15.7. The summed E-state index contributed by atoms with van der Waals surface area (Å²) in [6.45, 7) is 3.79. The largest absolute Gasteiger partial charge is 0.325 e. The van der Waals surface area contributed by atoms with E-state index in [1.807, 2.05) is 26.0 Å². The number of anilines is 2. The van der Waals surface area contributed by atoms with Gasteiger partial charge in [0.1, 0.15) is 0 Å². The van der Waals surface area contributed by atoms with E-state index in [-0.39, 0.29) is 16.6 Å². The van der Waals surface area contributed by atoms with Gasteiger partial charge in [-0.2, -0.15) is 4.98 Å². The smallest absolute Gasteiger partial charge is 0.264 e. The van der Waals surface area contributed by atoms with E-state index in [1.165, 1.54) is 35.2 Å². The van der Waals surface area contributed by atoms with Crippen LogP contribution in [0.1, 0.15) is 11.4 Å². The highest BCUT2D eigenvalue weighted by Gasteiger charge is 2.21. The van der Waals surface area contributed by atoms with E-state index in [1.54, 1.807) is 40.9 Å². The standard InChI is InChI=1S/C22H22N6O3S2/c1-15-12-16(2)28-21(23-15)25-22(26-28)32-14-20(29)24-17-8-7-11-19(13-17)33(30,31)27(3)18-9-5-4-6-10-18/h4-13H,14H2,1-3H3,(H,24,29). The summed E-state index contributed by atoms with van der Waals surface area (Å²) in [7, 11) is -2.29. The van der Waals surface area contributed by atoms with Crippen LogP contribution in [0.2, 0.25) is 0 Å². The molecule has 11 heteroatoms. The van der Waals surface area contributed by atoms with Gasteiger partial charge in [-0.05, 0) is 50.2 Å². The Morgan fingerprint density at radius 3 is 2.58 bits per heavy atom. The molecule has 0 fully saturated rings. The number of benzene rings is 2. The fourth-order valence-corrected chi connectivity index (χ4v) is 5.07. The van der Waals surface area contributed by atoms with E-state index in [9.17, 15) is 13.2 Å². The molecule has 0 aliphatic rings. The molecule has 0 radical (unpaired) electrons. The van der Waals surface area contributed by atoms with Crippen molar-refractivity contribution < 1.29 is 13.2 Å². The van der Waals surface area contributed by atoms with Crippen molar-refractivity contribution >= 4 is 44.8 Å². The first kappa shape index (κ1) is 22.7. The number of thioether (sulfide) groups is 1. The summed E-state index contributed by atoms with van der Waals surface area (Å²) in [5.74, 6) is 0.247. The highest BCUT2D eigenvalue weighted by molar-refractivity contribution is 7.99. The molecular weight excluding hydrogens is 460 g/mol. The molecule has 4 rings (SSSR count). The Hall–Kier alpha value is -3.44. The summed E-state index contributed by atoms with van der Waals surface area (Å²) >= 11 is 1.18. The second kappa shape index (κ2) is 9.20. The third-order valence-corrected chi connectivity index (χ3v) is 7.45. The first-order valence-corrected chi connectivity index (χ1v) is 12.4. The Labute approximate surface area is 195 Å². The van der Waals surface area contributed by atoms with Crippen LogP contribution in [0, 0.1) is 13.8 Å². The minimum atomic E-state index is -3.78. The van der Waals surface area contributed by atoms with Crippen molar-refractivity contribution in [3.05, 3.63) is 72.1 Å². The number of carbonyl (C=O) groups excluding carboxylic acids is 1. The zero-order valence-corrected chi connectivity index (χ0v) is 19.9. The number of nitrogens with one attached hydrogen (secondary N) is 1. The van der Waals surface area contributed by atoms with Gasteiger partial charge >= 0.3 is 0 Å². The second-order valence-corrected chi connectivity index (χ2v) is 10.2. The summed E-state index contributed by atoms with van der Waals surface area (Å²) in [6, 6.07) is 16.9. The minimum Gasteiger partial charge on any atom is -0.325 e. The highest BCUT2D eigenvalue weighted by atomic mass is 32.2. The average Bonchev–Trinajstić information content (AvgIpc) is 3.21. The molecule has 2 aromatic carbocycles. The number of hydrogen-bond donors (Lipinski definition) is 1. The number of sulfonamides is 1. The second-order valence-electron chi connectivity index (χ2n) is 7.32. The number of aryl methyl sites for hydroxylation is 2. The normalized spacial score (nSPS) is 11.5. The van der Waals surface area contributed by atoms with Gasteiger partial charge in [0.2, 0.25) is 11.1 Å². The van der Waals surface area contributed by atoms with Crippen LogP contribution in [0.15, 0.2) is 70.7 Å². The molecule has 0 aliphatic carbocycles. The molecule has 0 atom stereocenters. The Kier molecular flexibility index (Phi) is 6.34. The van der Waals surface area contributed by atoms with Crippen LogP contribution in [-0.2, 0) is 14.8 Å². The van der Waals surface area contributed by atoms with E-state index in [0.717, 1.165) is 11.4 Å². The van der Waals surface area contributed by atoms with Gasteiger partial charge in [0.25, 0.3) is 15.8 Å². The van der Waals surface area contributed by atoms with Gasteiger partial charge in [-0.25, -0.2) is 17.9 Å². The molecule has 0 bridgehead atoms. The summed E-state index contributed by atoms with van der Waals surface area (Å²) in [4.78, 5) is 21.2. The van der Waals surface area contributed by atoms with Crippen molar-refractivity contribution in [2.75, 3.05) is 22.4 Å². The quantitative estimate of drug-likeness (QED) is 0.403. The zero-order chi connectivity index (χ0) is 23.6. The molecule has 170 valence electrons. The lowest BCUT2D eigenvalue weighted by atomic mass is 10.3. The van der Waals surface area contributed by atoms with Crippen molar-refractivity contribution in [1.29, 1.82) is 0 Å². The first-order valence-electron chi connectivity index (χ1n) is 10.0. The molecule has 9 nitrogen and oxygen atoms in total. The SMILES string of the molecule is Cc1cc(C)n2nc(SCC(=O)Nc3cccc(S(=O)(=O)N(C)c4ccccc4)c3)nc2n1. The maximum atomic E-state index is 13.0. The molecule has 4 aromatic rings. The number of nitrogens with zero attached hydrogens (tertiary/aromatic N) is 5. The van der Waals surface area contributed by atoms with Crippen LogP contribution in [0.4, 0.5) is 11.4 Å². The van der Waals surface area contributed by atoms with E-state index < -0.39 is 10.0 Å². The molecule has 2 aromatic heterocycles.